The lowest BCUT2D eigenvalue weighted by Gasteiger charge is -2.21. The van der Waals surface area contributed by atoms with Crippen LogP contribution in [0.3, 0.4) is 0 Å². The summed E-state index contributed by atoms with van der Waals surface area (Å²) in [6, 6.07) is 0. The first kappa shape index (κ1) is 98.5. The number of aliphatic hydroxyl groups excluding tert-OH is 1. The summed E-state index contributed by atoms with van der Waals surface area (Å²) in [4.78, 5) is 73.0. The molecule has 0 fully saturated rings. The molecule has 0 heterocycles. The van der Waals surface area contributed by atoms with E-state index in [4.69, 9.17) is 37.0 Å². The number of unbranched alkanes of at least 4 members (excludes halogenated alkanes) is 40. The molecule has 0 aliphatic heterocycles. The zero-order valence-electron chi connectivity index (χ0n) is 65.0. The van der Waals surface area contributed by atoms with E-state index in [1.165, 1.54) is 154 Å². The first-order valence-electron chi connectivity index (χ1n) is 41.2. The highest BCUT2D eigenvalue weighted by Gasteiger charge is 2.30. The second-order valence-corrected chi connectivity index (χ2v) is 30.6. The molecule has 0 aliphatic rings. The number of rotatable bonds is 78. The molecule has 0 spiro atoms. The Morgan fingerprint density at radius 2 is 0.510 bits per heavy atom. The van der Waals surface area contributed by atoms with E-state index in [1.807, 2.05) is 0 Å². The van der Waals surface area contributed by atoms with Crippen molar-refractivity contribution in [3.8, 4) is 0 Å². The molecule has 0 saturated carbocycles. The molecule has 0 rings (SSSR count). The van der Waals surface area contributed by atoms with Crippen LogP contribution in [0.1, 0.15) is 374 Å². The van der Waals surface area contributed by atoms with Crippen LogP contribution in [0.15, 0.2) is 72.9 Å². The predicted octanol–water partition coefficient (Wildman–Crippen LogP) is 24.0. The number of phosphoric ester groups is 2. The molecule has 102 heavy (non-hydrogen) atoms. The van der Waals surface area contributed by atoms with Crippen LogP contribution in [0, 0.1) is 0 Å². The highest BCUT2D eigenvalue weighted by Crippen LogP contribution is 2.45. The van der Waals surface area contributed by atoms with Gasteiger partial charge in [-0.15, -0.1) is 0 Å². The molecule has 17 nitrogen and oxygen atoms in total. The predicted molar refractivity (Wildman–Crippen MR) is 418 cm³/mol. The third-order valence-corrected chi connectivity index (χ3v) is 19.6. The Labute approximate surface area is 622 Å². The average Bonchev–Trinajstić information content (AvgIpc) is 0.924. The van der Waals surface area contributed by atoms with E-state index < -0.39 is 97.5 Å². The lowest BCUT2D eigenvalue weighted by Crippen LogP contribution is -2.30. The molecule has 0 bridgehead atoms. The molecule has 0 radical (unpaired) electrons. The van der Waals surface area contributed by atoms with E-state index in [2.05, 4.69) is 101 Å². The van der Waals surface area contributed by atoms with Gasteiger partial charge in [0.2, 0.25) is 0 Å². The summed E-state index contributed by atoms with van der Waals surface area (Å²) in [5.41, 5.74) is 0. The van der Waals surface area contributed by atoms with Crippen LogP contribution in [0.2, 0.25) is 0 Å². The molecule has 0 amide bonds. The molecule has 0 saturated heterocycles. The van der Waals surface area contributed by atoms with E-state index in [-0.39, 0.29) is 25.7 Å². The maximum Gasteiger partial charge on any atom is 0.472 e. The standard InChI is InChI=1S/C83H150O17P2/c1-5-9-13-17-21-25-29-33-36-37-38-39-42-45-48-52-56-60-64-68-81(86)94-74-79(100-83(88)70-66-62-58-54-50-46-41-35-31-27-23-19-15-11-7-3)76-98-102(91,92)96-72-77(84)71-95-101(89,90)97-75-78(99-82(87)69-65-61-57-53-49-43-32-28-24-20-16-12-8-4)73-93-80(85)67-63-59-55-51-47-44-40-34-30-26-22-18-14-10-6-2/h9,13,21,25,33-34,36,38-40,45,48,77-79,84H,5-8,10-12,14-20,22-24,26-32,35,37,41-44,46-47,49-76H2,1-4H3,(H,89,90)(H,91,92)/b13-9-,25-21-,36-33-,39-38-,40-34-,48-45-. The SMILES string of the molecule is CC/C=C\C/C=C\C/C=C\C/C=C\C/C=C\CCCCCC(=O)OCC(COP(=O)(O)OCC(O)COP(=O)(O)OCC(COC(=O)CCCCCCC/C=C\CCCCCCCC)OC(=O)CCCCCCCCCCCCCCC)OC(=O)CCCCCCCCCCCCCCCCC. The lowest BCUT2D eigenvalue weighted by molar-refractivity contribution is -0.161. The average molecular weight is 1480 g/mol. The number of carbonyl (C=O) groups is 4. The molecule has 19 heteroatoms. The van der Waals surface area contributed by atoms with Gasteiger partial charge in [0, 0.05) is 25.7 Å². The van der Waals surface area contributed by atoms with Crippen molar-refractivity contribution in [2.45, 2.75) is 393 Å². The topological polar surface area (TPSA) is 237 Å². The first-order chi connectivity index (χ1) is 49.7. The summed E-state index contributed by atoms with van der Waals surface area (Å²) < 4.78 is 68.7. The molecular formula is C83H150O17P2. The molecule has 0 aliphatic carbocycles. The van der Waals surface area contributed by atoms with Crippen molar-refractivity contribution in [1.29, 1.82) is 0 Å². The molecule has 5 atom stereocenters. The Kier molecular flexibility index (Phi) is 73.1. The minimum atomic E-state index is -4.98. The quantitative estimate of drug-likeness (QED) is 0.0169. The maximum absolute atomic E-state index is 13.1. The van der Waals surface area contributed by atoms with Gasteiger partial charge < -0.3 is 33.8 Å². The number of esters is 4. The van der Waals surface area contributed by atoms with Gasteiger partial charge in [-0.2, -0.15) is 0 Å². The molecule has 0 aromatic heterocycles. The van der Waals surface area contributed by atoms with E-state index in [9.17, 15) is 43.2 Å². The highest BCUT2D eigenvalue weighted by atomic mass is 31.2. The van der Waals surface area contributed by atoms with Crippen molar-refractivity contribution in [3.05, 3.63) is 72.9 Å². The van der Waals surface area contributed by atoms with Crippen LogP contribution in [0.4, 0.5) is 0 Å². The largest absolute Gasteiger partial charge is 0.472 e. The molecule has 0 aromatic carbocycles. The van der Waals surface area contributed by atoms with E-state index in [0.717, 1.165) is 141 Å². The van der Waals surface area contributed by atoms with E-state index >= 15 is 0 Å². The van der Waals surface area contributed by atoms with Crippen molar-refractivity contribution >= 4 is 39.5 Å². The van der Waals surface area contributed by atoms with Crippen molar-refractivity contribution in [2.75, 3.05) is 39.6 Å². The van der Waals surface area contributed by atoms with Crippen LogP contribution in [-0.2, 0) is 65.4 Å². The summed E-state index contributed by atoms with van der Waals surface area (Å²) >= 11 is 0. The lowest BCUT2D eigenvalue weighted by atomic mass is 10.0. The third-order valence-electron chi connectivity index (χ3n) is 17.7. The monoisotopic (exact) mass is 1480 g/mol. The van der Waals surface area contributed by atoms with Gasteiger partial charge in [-0.25, -0.2) is 9.13 Å². The van der Waals surface area contributed by atoms with Crippen LogP contribution in [-0.4, -0.2) is 96.7 Å². The summed E-state index contributed by atoms with van der Waals surface area (Å²) in [7, 11) is -9.95. The molecule has 0 aromatic rings. The molecule has 5 unspecified atom stereocenters. The fraction of sp³-hybridized carbons (Fsp3) is 0.807. The smallest absolute Gasteiger partial charge is 0.462 e. The van der Waals surface area contributed by atoms with E-state index in [1.54, 1.807) is 0 Å². The van der Waals surface area contributed by atoms with Gasteiger partial charge >= 0.3 is 39.5 Å². The zero-order chi connectivity index (χ0) is 74.6. The second kappa shape index (κ2) is 75.7. The number of hydrogen-bond acceptors (Lipinski definition) is 15. The fourth-order valence-corrected chi connectivity index (χ4v) is 13.0. The number of carbonyl (C=O) groups excluding carboxylic acids is 4. The summed E-state index contributed by atoms with van der Waals surface area (Å²) in [6.07, 6.45) is 77.3. The van der Waals surface area contributed by atoms with E-state index in [0.29, 0.717) is 25.7 Å². The summed E-state index contributed by atoms with van der Waals surface area (Å²) in [5.74, 6) is -2.18. The highest BCUT2D eigenvalue weighted by molar-refractivity contribution is 7.47. The maximum atomic E-state index is 13.1. The number of phosphoric acid groups is 2. The number of aliphatic hydroxyl groups is 1. The Hall–Kier alpha value is -3.50. The number of allylic oxidation sites excluding steroid dienone is 12. The normalized spacial score (nSPS) is 14.2. The van der Waals surface area contributed by atoms with Crippen molar-refractivity contribution in [2.24, 2.45) is 0 Å². The van der Waals surface area contributed by atoms with Gasteiger partial charge in [-0.05, 0) is 96.3 Å². The van der Waals surface area contributed by atoms with Gasteiger partial charge in [-0.1, -0.05) is 325 Å². The fourth-order valence-electron chi connectivity index (χ4n) is 11.4. The van der Waals surface area contributed by atoms with Crippen molar-refractivity contribution in [1.82, 2.24) is 0 Å². The van der Waals surface area contributed by atoms with Crippen LogP contribution in [0.25, 0.3) is 0 Å². The first-order valence-corrected chi connectivity index (χ1v) is 44.2. The Balaban J connectivity index is 5.35. The zero-order valence-corrected chi connectivity index (χ0v) is 66.8. The van der Waals surface area contributed by atoms with Gasteiger partial charge in [0.05, 0.1) is 26.4 Å². The number of hydrogen-bond donors (Lipinski definition) is 3. The second-order valence-electron chi connectivity index (χ2n) is 27.7. The Morgan fingerprint density at radius 3 is 0.804 bits per heavy atom. The van der Waals surface area contributed by atoms with Gasteiger partial charge in [0.1, 0.15) is 19.3 Å². The van der Waals surface area contributed by atoms with Gasteiger partial charge in [0.25, 0.3) is 0 Å². The molecular weight excluding hydrogens is 1330 g/mol. The summed E-state index contributed by atoms with van der Waals surface area (Å²) in [5, 5.41) is 10.6. The Morgan fingerprint density at radius 1 is 0.284 bits per heavy atom. The van der Waals surface area contributed by atoms with Crippen LogP contribution >= 0.6 is 15.6 Å². The Bertz CT molecular complexity index is 2210. The van der Waals surface area contributed by atoms with Crippen LogP contribution < -0.4 is 0 Å². The van der Waals surface area contributed by atoms with Crippen molar-refractivity contribution in [3.63, 3.8) is 0 Å². The summed E-state index contributed by atoms with van der Waals surface area (Å²) in [6.45, 7) is 4.79. The van der Waals surface area contributed by atoms with Gasteiger partial charge in [-0.3, -0.25) is 37.3 Å². The molecule has 3 N–H and O–H groups in total. The van der Waals surface area contributed by atoms with Crippen LogP contribution in [0.5, 0.6) is 0 Å². The minimum absolute atomic E-state index is 0.0928. The minimum Gasteiger partial charge on any atom is -0.462 e. The molecule has 594 valence electrons. The third kappa shape index (κ3) is 74.8. The number of ether oxygens (including phenoxy) is 4. The van der Waals surface area contributed by atoms with Gasteiger partial charge in [0.15, 0.2) is 12.2 Å². The van der Waals surface area contributed by atoms with Crippen molar-refractivity contribution < 1.29 is 80.2 Å².